The molecule has 6 nitrogen and oxygen atoms in total. The summed E-state index contributed by atoms with van der Waals surface area (Å²) in [5.74, 6) is 1.74. The number of carbonyl (C=O) groups excluding carboxylic acids is 1. The van der Waals surface area contributed by atoms with E-state index in [1.807, 2.05) is 42.2 Å². The lowest BCUT2D eigenvalue weighted by Gasteiger charge is -2.23. The number of hydrogen-bond donors (Lipinski definition) is 1. The Bertz CT molecular complexity index is 1290. The summed E-state index contributed by atoms with van der Waals surface area (Å²) in [6, 6.07) is 10.0. The van der Waals surface area contributed by atoms with E-state index < -0.39 is 0 Å². The van der Waals surface area contributed by atoms with Gasteiger partial charge in [0.15, 0.2) is 0 Å². The summed E-state index contributed by atoms with van der Waals surface area (Å²) in [5.41, 5.74) is 4.32. The van der Waals surface area contributed by atoms with Crippen LogP contribution in [-0.4, -0.2) is 44.1 Å². The number of thiazole rings is 1. The first-order valence-electron chi connectivity index (χ1n) is 11.6. The quantitative estimate of drug-likeness (QED) is 0.409. The van der Waals surface area contributed by atoms with Gasteiger partial charge in [0.1, 0.15) is 16.4 Å². The number of para-hydroxylation sites is 1. The normalized spacial score (nSPS) is 17.2. The predicted octanol–water partition coefficient (Wildman–Crippen LogP) is 5.81. The molecule has 1 unspecified atom stereocenters. The van der Waals surface area contributed by atoms with E-state index in [1.165, 1.54) is 11.3 Å². The fourth-order valence-electron chi connectivity index (χ4n) is 4.70. The van der Waals surface area contributed by atoms with Crippen LogP contribution in [-0.2, 0) is 0 Å². The molecule has 4 aromatic rings. The zero-order valence-corrected chi connectivity index (χ0v) is 20.3. The molecule has 3 aromatic heterocycles. The van der Waals surface area contributed by atoms with Crippen LogP contribution in [0.25, 0.3) is 32.0 Å². The minimum atomic E-state index is 0.00908. The van der Waals surface area contributed by atoms with Gasteiger partial charge in [0.25, 0.3) is 5.91 Å². The predicted molar refractivity (Wildman–Crippen MR) is 133 cm³/mol. The van der Waals surface area contributed by atoms with Gasteiger partial charge in [0.05, 0.1) is 10.4 Å². The Morgan fingerprint density at radius 2 is 2.06 bits per heavy atom. The average molecular weight is 460 g/mol. The van der Waals surface area contributed by atoms with E-state index in [0.29, 0.717) is 23.4 Å². The molecule has 0 spiro atoms. The van der Waals surface area contributed by atoms with Crippen molar-refractivity contribution in [1.29, 1.82) is 0 Å². The Morgan fingerprint density at radius 1 is 1.21 bits per heavy atom. The minimum Gasteiger partial charge on any atom is -0.337 e. The Hall–Kier alpha value is -3.06. The molecule has 1 N–H and O–H groups in total. The highest BCUT2D eigenvalue weighted by atomic mass is 32.1. The number of carbonyl (C=O) groups is 1. The molecule has 4 heterocycles. The number of hydrogen-bond acceptors (Lipinski definition) is 5. The molecule has 0 aliphatic carbocycles. The highest BCUT2D eigenvalue weighted by molar-refractivity contribution is 7.18. The van der Waals surface area contributed by atoms with E-state index in [0.717, 1.165) is 57.1 Å². The highest BCUT2D eigenvalue weighted by Crippen LogP contribution is 2.39. The summed E-state index contributed by atoms with van der Waals surface area (Å²) in [7, 11) is 0. The van der Waals surface area contributed by atoms with E-state index in [2.05, 4.69) is 36.0 Å². The van der Waals surface area contributed by atoms with Crippen molar-refractivity contribution in [2.45, 2.75) is 34.1 Å². The zero-order chi connectivity index (χ0) is 23.1. The van der Waals surface area contributed by atoms with Gasteiger partial charge in [-0.3, -0.25) is 14.9 Å². The van der Waals surface area contributed by atoms with E-state index >= 15 is 0 Å². The van der Waals surface area contributed by atoms with Crippen LogP contribution in [0.15, 0.2) is 42.7 Å². The van der Waals surface area contributed by atoms with Crippen LogP contribution in [0.3, 0.4) is 0 Å². The average Bonchev–Trinajstić information content (AvgIpc) is 3.56. The van der Waals surface area contributed by atoms with Gasteiger partial charge in [0.2, 0.25) is 0 Å². The number of H-pyrrole nitrogens is 1. The SMILES string of the molecule is Cc1cccc2c(-c3nc(C(=O)N4CC[C@H](C(C)C(C)C)C4)c(-c4cccnc4)s3)[nH]nc12. The molecular formula is C26H29N5OS. The number of nitrogens with one attached hydrogen (secondary N) is 1. The molecule has 1 aromatic carbocycles. The molecule has 1 amide bonds. The standard InChI is InChI=1S/C26H29N5OS/c1-15(2)17(4)19-10-12-31(14-19)26(32)23-24(18-8-6-11-27-13-18)33-25(28-23)22-20-9-5-7-16(3)21(20)29-30-22/h5-9,11,13,15,17,19H,10,12,14H2,1-4H3,(H,29,30)/t17?,19-/m0/s1. The van der Waals surface area contributed by atoms with Gasteiger partial charge in [-0.2, -0.15) is 5.10 Å². The first-order chi connectivity index (χ1) is 15.9. The Morgan fingerprint density at radius 3 is 2.82 bits per heavy atom. The van der Waals surface area contributed by atoms with Crippen LogP contribution >= 0.6 is 11.3 Å². The van der Waals surface area contributed by atoms with Crippen molar-refractivity contribution < 1.29 is 4.79 Å². The van der Waals surface area contributed by atoms with E-state index in [1.54, 1.807) is 12.4 Å². The number of fused-ring (bicyclic) bond motifs is 1. The van der Waals surface area contributed by atoms with Crippen molar-refractivity contribution in [2.24, 2.45) is 17.8 Å². The van der Waals surface area contributed by atoms with Crippen molar-refractivity contribution in [3.63, 3.8) is 0 Å². The molecular weight excluding hydrogens is 430 g/mol. The number of likely N-dealkylation sites (tertiary alicyclic amines) is 1. The van der Waals surface area contributed by atoms with Crippen molar-refractivity contribution in [2.75, 3.05) is 13.1 Å². The molecule has 2 atom stereocenters. The molecule has 1 saturated heterocycles. The molecule has 0 radical (unpaired) electrons. The van der Waals surface area contributed by atoms with E-state index in [9.17, 15) is 4.79 Å². The number of aryl methyl sites for hydroxylation is 1. The molecule has 33 heavy (non-hydrogen) atoms. The van der Waals surface area contributed by atoms with Crippen LogP contribution in [0.4, 0.5) is 0 Å². The van der Waals surface area contributed by atoms with Gasteiger partial charge in [0, 0.05) is 36.4 Å². The maximum absolute atomic E-state index is 13.7. The van der Waals surface area contributed by atoms with Crippen molar-refractivity contribution >= 4 is 28.1 Å². The van der Waals surface area contributed by atoms with Crippen molar-refractivity contribution in [1.82, 2.24) is 25.1 Å². The fraction of sp³-hybridized carbons (Fsp3) is 0.385. The van der Waals surface area contributed by atoms with Crippen LogP contribution in [0.2, 0.25) is 0 Å². The molecule has 170 valence electrons. The van der Waals surface area contributed by atoms with Crippen LogP contribution < -0.4 is 0 Å². The second-order valence-electron chi connectivity index (χ2n) is 9.41. The summed E-state index contributed by atoms with van der Waals surface area (Å²) in [5, 5.41) is 9.47. The molecule has 1 aliphatic heterocycles. The topological polar surface area (TPSA) is 74.8 Å². The summed E-state index contributed by atoms with van der Waals surface area (Å²) in [6.07, 6.45) is 4.60. The molecule has 0 bridgehead atoms. The third kappa shape index (κ3) is 3.95. The van der Waals surface area contributed by atoms with Gasteiger partial charge in [-0.15, -0.1) is 11.3 Å². The second kappa shape index (κ2) is 8.71. The van der Waals surface area contributed by atoms with Gasteiger partial charge in [-0.05, 0) is 42.7 Å². The lowest BCUT2D eigenvalue weighted by Crippen LogP contribution is -2.30. The molecule has 1 aliphatic rings. The first kappa shape index (κ1) is 21.8. The maximum Gasteiger partial charge on any atom is 0.274 e. The molecule has 1 fully saturated rings. The largest absolute Gasteiger partial charge is 0.337 e. The zero-order valence-electron chi connectivity index (χ0n) is 19.5. The maximum atomic E-state index is 13.7. The summed E-state index contributed by atoms with van der Waals surface area (Å²) >= 11 is 1.52. The van der Waals surface area contributed by atoms with Gasteiger partial charge in [-0.25, -0.2) is 4.98 Å². The fourth-order valence-corrected chi connectivity index (χ4v) is 5.76. The smallest absolute Gasteiger partial charge is 0.274 e. The van der Waals surface area contributed by atoms with Crippen LogP contribution in [0.5, 0.6) is 0 Å². The van der Waals surface area contributed by atoms with E-state index in [4.69, 9.17) is 4.98 Å². The number of aromatic amines is 1. The Labute approximate surface area is 198 Å². The van der Waals surface area contributed by atoms with Crippen molar-refractivity contribution in [3.05, 3.63) is 54.0 Å². The van der Waals surface area contributed by atoms with Gasteiger partial charge in [-0.1, -0.05) is 45.0 Å². The van der Waals surface area contributed by atoms with Crippen molar-refractivity contribution in [3.8, 4) is 21.1 Å². The number of aromatic nitrogens is 4. The highest BCUT2D eigenvalue weighted by Gasteiger charge is 2.34. The summed E-state index contributed by atoms with van der Waals surface area (Å²) in [6.45, 7) is 10.5. The van der Waals surface area contributed by atoms with Gasteiger partial charge >= 0.3 is 0 Å². The van der Waals surface area contributed by atoms with Crippen LogP contribution in [0, 0.1) is 24.7 Å². The summed E-state index contributed by atoms with van der Waals surface area (Å²) < 4.78 is 0. The Balaban J connectivity index is 1.55. The number of amides is 1. The monoisotopic (exact) mass is 459 g/mol. The first-order valence-corrected chi connectivity index (χ1v) is 12.4. The third-order valence-corrected chi connectivity index (χ3v) is 8.18. The number of benzene rings is 1. The lowest BCUT2D eigenvalue weighted by molar-refractivity contribution is 0.0776. The van der Waals surface area contributed by atoms with Crippen LogP contribution in [0.1, 0.15) is 43.2 Å². The number of pyridine rings is 1. The summed E-state index contributed by atoms with van der Waals surface area (Å²) in [4.78, 5) is 25.7. The van der Waals surface area contributed by atoms with E-state index in [-0.39, 0.29) is 5.91 Å². The number of rotatable bonds is 5. The minimum absolute atomic E-state index is 0.00908. The Kier molecular flexibility index (Phi) is 5.74. The molecule has 0 saturated carbocycles. The molecule has 5 rings (SSSR count). The van der Waals surface area contributed by atoms with Gasteiger partial charge < -0.3 is 4.90 Å². The lowest BCUT2D eigenvalue weighted by atomic mass is 9.84. The molecule has 7 heteroatoms. The second-order valence-corrected chi connectivity index (χ2v) is 10.4. The number of nitrogens with zero attached hydrogens (tertiary/aromatic N) is 4. The third-order valence-electron chi connectivity index (χ3n) is 7.06.